The molecule has 1 aromatic carbocycles. The van der Waals surface area contributed by atoms with Gasteiger partial charge in [0, 0.05) is 18.0 Å². The Kier molecular flexibility index (Phi) is 4.74. The summed E-state index contributed by atoms with van der Waals surface area (Å²) in [6, 6.07) is 9.51. The summed E-state index contributed by atoms with van der Waals surface area (Å²) in [5.41, 5.74) is 1.48. The lowest BCUT2D eigenvalue weighted by Gasteiger charge is -2.39. The maximum atomic E-state index is 13.7. The highest BCUT2D eigenvalue weighted by Crippen LogP contribution is 2.38. The van der Waals surface area contributed by atoms with Gasteiger partial charge in [0.25, 0.3) is 0 Å². The molecule has 8 heteroatoms. The zero-order chi connectivity index (χ0) is 20.8. The van der Waals surface area contributed by atoms with Gasteiger partial charge in [0.15, 0.2) is 16.7 Å². The first-order valence-corrected chi connectivity index (χ1v) is 10.0. The van der Waals surface area contributed by atoms with Crippen molar-refractivity contribution >= 4 is 28.3 Å². The molecule has 2 aromatic heterocycles. The maximum absolute atomic E-state index is 13.7. The number of nitrogens with zero attached hydrogens (tertiary/aromatic N) is 4. The number of rotatable bonds is 2. The van der Waals surface area contributed by atoms with Gasteiger partial charge in [-0.2, -0.15) is 0 Å². The van der Waals surface area contributed by atoms with E-state index in [1.54, 1.807) is 36.2 Å². The van der Waals surface area contributed by atoms with Crippen LogP contribution in [0.15, 0.2) is 41.8 Å². The number of hydrogen-bond donors (Lipinski definition) is 0. The van der Waals surface area contributed by atoms with Gasteiger partial charge in [0.05, 0.1) is 17.9 Å². The van der Waals surface area contributed by atoms with Crippen molar-refractivity contribution in [2.24, 2.45) is 0 Å². The van der Waals surface area contributed by atoms with Crippen molar-refractivity contribution in [2.75, 3.05) is 23.4 Å². The molecule has 0 saturated heterocycles. The van der Waals surface area contributed by atoms with Crippen molar-refractivity contribution in [3.63, 3.8) is 0 Å². The topological polar surface area (TPSA) is 58.6 Å². The van der Waals surface area contributed by atoms with Gasteiger partial charge >= 0.3 is 6.03 Å². The molecule has 0 spiro atoms. The van der Waals surface area contributed by atoms with Crippen LogP contribution in [0.3, 0.4) is 0 Å². The number of carbonyl (C=O) groups is 1. The highest BCUT2D eigenvalue weighted by molar-refractivity contribution is 7.14. The normalized spacial score (nSPS) is 14.9. The predicted octanol–water partition coefficient (Wildman–Crippen LogP) is 4.89. The predicted molar refractivity (Wildman–Crippen MR) is 112 cm³/mol. The summed E-state index contributed by atoms with van der Waals surface area (Å²) in [4.78, 5) is 25.5. The van der Waals surface area contributed by atoms with E-state index in [1.165, 1.54) is 28.4 Å². The van der Waals surface area contributed by atoms with Crippen LogP contribution >= 0.6 is 11.3 Å². The average molecular weight is 412 g/mol. The number of hydrogen-bond acceptors (Lipinski definition) is 5. The average Bonchev–Trinajstić information content (AvgIpc) is 3.11. The van der Waals surface area contributed by atoms with Crippen molar-refractivity contribution < 1.29 is 13.9 Å². The summed E-state index contributed by atoms with van der Waals surface area (Å²) in [6.45, 7) is 6.06. The second-order valence-electron chi connectivity index (χ2n) is 7.59. The number of thiazole rings is 1. The molecular weight excluding hydrogens is 391 g/mol. The SMILES string of the molecule is Cc1csc(N(C)C(=O)N2CC(C)(C)Oc3ccc(-c4cccc(F)c4)nc32)n1. The molecule has 0 aliphatic carbocycles. The molecule has 2 amide bonds. The van der Waals surface area contributed by atoms with Crippen molar-refractivity contribution in [3.05, 3.63) is 53.3 Å². The Labute approximate surface area is 172 Å². The minimum atomic E-state index is -0.579. The lowest BCUT2D eigenvalue weighted by atomic mass is 10.1. The van der Waals surface area contributed by atoms with Gasteiger partial charge < -0.3 is 4.74 Å². The van der Waals surface area contributed by atoms with Crippen LogP contribution in [0.1, 0.15) is 19.5 Å². The molecular formula is C21H21FN4O2S. The quantitative estimate of drug-likeness (QED) is 0.602. The minimum Gasteiger partial charge on any atom is -0.482 e. The maximum Gasteiger partial charge on any atom is 0.331 e. The lowest BCUT2D eigenvalue weighted by Crippen LogP contribution is -2.53. The van der Waals surface area contributed by atoms with E-state index < -0.39 is 5.60 Å². The Morgan fingerprint density at radius 2 is 2.07 bits per heavy atom. The van der Waals surface area contributed by atoms with Gasteiger partial charge in [-0.25, -0.2) is 19.2 Å². The van der Waals surface area contributed by atoms with Crippen LogP contribution in [-0.2, 0) is 0 Å². The minimum absolute atomic E-state index is 0.249. The first kappa shape index (κ1) is 19.3. The molecule has 0 bridgehead atoms. The van der Waals surface area contributed by atoms with Crippen molar-refractivity contribution in [1.82, 2.24) is 9.97 Å². The molecule has 6 nitrogen and oxygen atoms in total. The van der Waals surface area contributed by atoms with E-state index in [-0.39, 0.29) is 11.8 Å². The molecule has 0 N–H and O–H groups in total. The summed E-state index contributed by atoms with van der Waals surface area (Å²) in [5.74, 6) is 0.584. The smallest absolute Gasteiger partial charge is 0.331 e. The molecule has 3 aromatic rings. The van der Waals surface area contributed by atoms with Gasteiger partial charge in [-0.15, -0.1) is 11.3 Å². The first-order chi connectivity index (χ1) is 13.7. The van der Waals surface area contributed by atoms with Crippen LogP contribution in [0, 0.1) is 12.7 Å². The third-order valence-electron chi connectivity index (χ3n) is 4.55. The van der Waals surface area contributed by atoms with Crippen LogP contribution in [0.5, 0.6) is 5.75 Å². The number of aromatic nitrogens is 2. The van der Waals surface area contributed by atoms with Crippen molar-refractivity contribution in [1.29, 1.82) is 0 Å². The van der Waals surface area contributed by atoms with Gasteiger partial charge in [-0.1, -0.05) is 12.1 Å². The first-order valence-electron chi connectivity index (χ1n) is 9.17. The molecule has 1 aliphatic heterocycles. The van der Waals surface area contributed by atoms with E-state index in [4.69, 9.17) is 4.74 Å². The number of benzene rings is 1. The zero-order valence-corrected chi connectivity index (χ0v) is 17.5. The highest BCUT2D eigenvalue weighted by Gasteiger charge is 2.38. The fourth-order valence-corrected chi connectivity index (χ4v) is 3.98. The summed E-state index contributed by atoms with van der Waals surface area (Å²) in [7, 11) is 1.69. The highest BCUT2D eigenvalue weighted by atomic mass is 32.1. The number of urea groups is 1. The Hall–Kier alpha value is -3.00. The van der Waals surface area contributed by atoms with E-state index >= 15 is 0 Å². The second kappa shape index (κ2) is 7.11. The van der Waals surface area contributed by atoms with E-state index in [0.29, 0.717) is 34.5 Å². The molecule has 0 radical (unpaired) electrons. The molecule has 150 valence electrons. The van der Waals surface area contributed by atoms with Crippen LogP contribution in [-0.4, -0.2) is 35.2 Å². The van der Waals surface area contributed by atoms with Crippen LogP contribution in [0.2, 0.25) is 0 Å². The lowest BCUT2D eigenvalue weighted by molar-refractivity contribution is 0.106. The van der Waals surface area contributed by atoms with Crippen LogP contribution in [0.4, 0.5) is 20.1 Å². The number of aryl methyl sites for hydroxylation is 1. The Balaban J connectivity index is 1.75. The zero-order valence-electron chi connectivity index (χ0n) is 16.6. The van der Waals surface area contributed by atoms with Crippen LogP contribution < -0.4 is 14.5 Å². The van der Waals surface area contributed by atoms with Gasteiger partial charge in [-0.05, 0) is 45.0 Å². The molecule has 0 unspecified atom stereocenters. The number of halogens is 1. The fourth-order valence-electron chi connectivity index (χ4n) is 3.22. The number of amides is 2. The summed E-state index contributed by atoms with van der Waals surface area (Å²) >= 11 is 1.41. The van der Waals surface area contributed by atoms with E-state index in [9.17, 15) is 9.18 Å². The molecule has 29 heavy (non-hydrogen) atoms. The fraction of sp³-hybridized carbons (Fsp3) is 0.286. The van der Waals surface area contributed by atoms with Gasteiger partial charge in [0.2, 0.25) is 0 Å². The molecule has 4 rings (SSSR count). The largest absolute Gasteiger partial charge is 0.482 e. The van der Waals surface area contributed by atoms with E-state index in [1.807, 2.05) is 26.2 Å². The number of anilines is 2. The van der Waals surface area contributed by atoms with Gasteiger partial charge in [-0.3, -0.25) is 9.80 Å². The van der Waals surface area contributed by atoms with E-state index in [2.05, 4.69) is 9.97 Å². The van der Waals surface area contributed by atoms with E-state index in [0.717, 1.165) is 5.69 Å². The summed E-state index contributed by atoms with van der Waals surface area (Å²) in [6.07, 6.45) is 0. The summed E-state index contributed by atoms with van der Waals surface area (Å²) < 4.78 is 19.7. The molecule has 0 saturated carbocycles. The molecule has 0 atom stereocenters. The number of ether oxygens (including phenoxy) is 1. The third-order valence-corrected chi connectivity index (χ3v) is 5.59. The molecule has 0 fully saturated rings. The number of fused-ring (bicyclic) bond motifs is 1. The second-order valence-corrected chi connectivity index (χ2v) is 8.43. The monoisotopic (exact) mass is 412 g/mol. The third kappa shape index (κ3) is 3.80. The molecule has 1 aliphatic rings. The Morgan fingerprint density at radius 3 is 2.76 bits per heavy atom. The Bertz CT molecular complexity index is 1080. The Morgan fingerprint density at radius 1 is 1.28 bits per heavy atom. The number of carbonyl (C=O) groups excluding carboxylic acids is 1. The molecule has 3 heterocycles. The van der Waals surface area contributed by atoms with Gasteiger partial charge in [0.1, 0.15) is 11.4 Å². The standard InChI is InChI=1S/C21H21FN4O2S/c1-13-11-29-19(23-13)25(4)20(27)26-12-21(2,3)28-17-9-8-16(24-18(17)26)14-6-5-7-15(22)10-14/h5-11H,12H2,1-4H3. The van der Waals surface area contributed by atoms with Crippen LogP contribution in [0.25, 0.3) is 11.3 Å². The number of pyridine rings is 1. The van der Waals surface area contributed by atoms with Crippen molar-refractivity contribution in [2.45, 2.75) is 26.4 Å². The summed E-state index contributed by atoms with van der Waals surface area (Å²) in [5, 5.41) is 2.51. The van der Waals surface area contributed by atoms with Crippen molar-refractivity contribution in [3.8, 4) is 17.0 Å².